The molecule has 1 saturated heterocycles. The zero-order valence-electron chi connectivity index (χ0n) is 10.5. The van der Waals surface area contributed by atoms with Gasteiger partial charge in [-0.25, -0.2) is 0 Å². The zero-order chi connectivity index (χ0) is 10.7. The van der Waals surface area contributed by atoms with Crippen LogP contribution in [0.1, 0.15) is 5.56 Å². The topological polar surface area (TPSA) is 32.5 Å². The highest BCUT2D eigenvalue weighted by Crippen LogP contribution is 2.10. The summed E-state index contributed by atoms with van der Waals surface area (Å²) in [5, 5.41) is 0. The molecule has 0 aliphatic carbocycles. The van der Waals surface area contributed by atoms with E-state index in [4.69, 9.17) is 5.73 Å². The molecule has 1 aromatic rings. The second-order valence-corrected chi connectivity index (χ2v) is 4.32. The molecular formula is C12H22Cl3N3. The summed E-state index contributed by atoms with van der Waals surface area (Å²) in [4.78, 5) is 4.85. The predicted molar refractivity (Wildman–Crippen MR) is 85.4 cm³/mol. The SMILES string of the molecule is CN1CCN(Cc2cccc(N)c2)CC1.Cl.Cl.Cl. The first-order valence-electron chi connectivity index (χ1n) is 5.49. The normalized spacial score (nSPS) is 16.1. The Bertz CT molecular complexity index is 328. The van der Waals surface area contributed by atoms with Crippen molar-refractivity contribution in [1.29, 1.82) is 0 Å². The summed E-state index contributed by atoms with van der Waals surface area (Å²) in [5.74, 6) is 0. The molecule has 6 heteroatoms. The lowest BCUT2D eigenvalue weighted by atomic mass is 10.2. The van der Waals surface area contributed by atoms with Crippen LogP contribution in [0, 0.1) is 0 Å². The smallest absolute Gasteiger partial charge is 0.0317 e. The standard InChI is InChI=1S/C12H19N3.3ClH/c1-14-5-7-15(8-6-14)10-11-3-2-4-12(13)9-11;;;/h2-4,9H,5-8,10,13H2,1H3;3*1H. The van der Waals surface area contributed by atoms with Crippen LogP contribution in [0.15, 0.2) is 24.3 Å². The number of benzene rings is 1. The molecule has 1 aliphatic heterocycles. The quantitative estimate of drug-likeness (QED) is 0.850. The van der Waals surface area contributed by atoms with E-state index in [0.717, 1.165) is 25.3 Å². The highest BCUT2D eigenvalue weighted by Gasteiger charge is 2.13. The Morgan fingerprint density at radius 2 is 1.67 bits per heavy atom. The van der Waals surface area contributed by atoms with E-state index in [9.17, 15) is 0 Å². The minimum absolute atomic E-state index is 0. The maximum Gasteiger partial charge on any atom is 0.0317 e. The summed E-state index contributed by atoms with van der Waals surface area (Å²) in [5.41, 5.74) is 7.94. The third kappa shape index (κ3) is 6.12. The monoisotopic (exact) mass is 313 g/mol. The summed E-state index contributed by atoms with van der Waals surface area (Å²) >= 11 is 0. The number of nitrogens with two attached hydrogens (primary N) is 1. The second-order valence-electron chi connectivity index (χ2n) is 4.32. The lowest BCUT2D eigenvalue weighted by Crippen LogP contribution is -2.43. The minimum atomic E-state index is 0. The minimum Gasteiger partial charge on any atom is -0.399 e. The fourth-order valence-corrected chi connectivity index (χ4v) is 1.96. The molecule has 3 nitrogen and oxygen atoms in total. The van der Waals surface area contributed by atoms with Gasteiger partial charge in [0.1, 0.15) is 0 Å². The molecule has 2 N–H and O–H groups in total. The number of piperazine rings is 1. The summed E-state index contributed by atoms with van der Waals surface area (Å²) in [6.45, 7) is 5.68. The number of hydrogen-bond donors (Lipinski definition) is 1. The average Bonchev–Trinajstić information content (AvgIpc) is 2.22. The van der Waals surface area contributed by atoms with Crippen molar-refractivity contribution < 1.29 is 0 Å². The third-order valence-electron chi connectivity index (χ3n) is 2.95. The van der Waals surface area contributed by atoms with Crippen LogP contribution >= 0.6 is 37.2 Å². The number of nitrogen functional groups attached to an aromatic ring is 1. The van der Waals surface area contributed by atoms with Crippen LogP contribution in [0.4, 0.5) is 5.69 Å². The molecule has 0 radical (unpaired) electrons. The molecule has 1 aliphatic rings. The van der Waals surface area contributed by atoms with Crippen molar-refractivity contribution in [3.8, 4) is 0 Å². The van der Waals surface area contributed by atoms with Crippen molar-refractivity contribution in [2.75, 3.05) is 39.0 Å². The van der Waals surface area contributed by atoms with E-state index in [1.165, 1.54) is 18.7 Å². The van der Waals surface area contributed by atoms with E-state index < -0.39 is 0 Å². The first-order chi connectivity index (χ1) is 7.24. The van der Waals surface area contributed by atoms with Gasteiger partial charge in [-0.05, 0) is 24.7 Å². The van der Waals surface area contributed by atoms with E-state index in [1.807, 2.05) is 12.1 Å². The van der Waals surface area contributed by atoms with Crippen molar-refractivity contribution in [3.63, 3.8) is 0 Å². The van der Waals surface area contributed by atoms with Crippen LogP contribution < -0.4 is 5.73 Å². The molecule has 0 unspecified atom stereocenters. The zero-order valence-corrected chi connectivity index (χ0v) is 13.0. The van der Waals surface area contributed by atoms with Crippen LogP contribution in [-0.2, 0) is 6.54 Å². The van der Waals surface area contributed by atoms with Crippen molar-refractivity contribution >= 4 is 42.9 Å². The Balaban J connectivity index is 0. The van der Waals surface area contributed by atoms with Crippen molar-refractivity contribution in [3.05, 3.63) is 29.8 Å². The van der Waals surface area contributed by atoms with Gasteiger partial charge < -0.3 is 10.6 Å². The number of hydrogen-bond acceptors (Lipinski definition) is 3. The van der Waals surface area contributed by atoms with Gasteiger partial charge in [0.2, 0.25) is 0 Å². The molecule has 18 heavy (non-hydrogen) atoms. The van der Waals surface area contributed by atoms with Gasteiger partial charge in [0, 0.05) is 38.4 Å². The van der Waals surface area contributed by atoms with E-state index in [0.29, 0.717) is 0 Å². The Morgan fingerprint density at radius 3 is 2.22 bits per heavy atom. The summed E-state index contributed by atoms with van der Waals surface area (Å²) in [6.07, 6.45) is 0. The van der Waals surface area contributed by atoms with E-state index in [1.54, 1.807) is 0 Å². The van der Waals surface area contributed by atoms with Crippen LogP contribution in [0.3, 0.4) is 0 Å². The lowest BCUT2D eigenvalue weighted by molar-refractivity contribution is 0.148. The summed E-state index contributed by atoms with van der Waals surface area (Å²) < 4.78 is 0. The second kappa shape index (κ2) is 9.70. The largest absolute Gasteiger partial charge is 0.399 e. The molecule has 2 rings (SSSR count). The molecular weight excluding hydrogens is 293 g/mol. The average molecular weight is 315 g/mol. The van der Waals surface area contributed by atoms with Crippen LogP contribution in [0.5, 0.6) is 0 Å². The number of likely N-dealkylation sites (N-methyl/N-ethyl adjacent to an activating group) is 1. The van der Waals surface area contributed by atoms with Gasteiger partial charge in [-0.1, -0.05) is 12.1 Å². The molecule has 1 heterocycles. The fraction of sp³-hybridized carbons (Fsp3) is 0.500. The van der Waals surface area contributed by atoms with E-state index >= 15 is 0 Å². The van der Waals surface area contributed by atoms with Crippen molar-refractivity contribution in [2.24, 2.45) is 0 Å². The molecule has 0 amide bonds. The van der Waals surface area contributed by atoms with Gasteiger partial charge in [-0.3, -0.25) is 4.90 Å². The molecule has 1 fully saturated rings. The Morgan fingerprint density at radius 1 is 1.06 bits per heavy atom. The molecule has 0 atom stereocenters. The van der Waals surface area contributed by atoms with Crippen LogP contribution in [0.25, 0.3) is 0 Å². The maximum atomic E-state index is 5.76. The van der Waals surface area contributed by atoms with Gasteiger partial charge in [-0.15, -0.1) is 37.2 Å². The van der Waals surface area contributed by atoms with Gasteiger partial charge >= 0.3 is 0 Å². The summed E-state index contributed by atoms with van der Waals surface area (Å²) in [7, 11) is 2.18. The molecule has 0 aromatic heterocycles. The van der Waals surface area contributed by atoms with Crippen molar-refractivity contribution in [2.45, 2.75) is 6.54 Å². The van der Waals surface area contributed by atoms with Crippen LogP contribution in [-0.4, -0.2) is 43.0 Å². The molecule has 106 valence electrons. The van der Waals surface area contributed by atoms with Gasteiger partial charge in [0.15, 0.2) is 0 Å². The van der Waals surface area contributed by atoms with Crippen molar-refractivity contribution in [1.82, 2.24) is 9.80 Å². The summed E-state index contributed by atoms with van der Waals surface area (Å²) in [6, 6.07) is 8.18. The first kappa shape index (κ1) is 20.1. The molecule has 0 saturated carbocycles. The third-order valence-corrected chi connectivity index (χ3v) is 2.95. The Kier molecular flexibility index (Phi) is 10.9. The lowest BCUT2D eigenvalue weighted by Gasteiger charge is -2.32. The predicted octanol–water partition coefficient (Wildman–Crippen LogP) is 2.28. The van der Waals surface area contributed by atoms with Gasteiger partial charge in [-0.2, -0.15) is 0 Å². The Hall–Kier alpha value is -0.190. The number of anilines is 1. The van der Waals surface area contributed by atoms with Gasteiger partial charge in [0.05, 0.1) is 0 Å². The molecule has 0 bridgehead atoms. The molecule has 0 spiro atoms. The van der Waals surface area contributed by atoms with Crippen LogP contribution in [0.2, 0.25) is 0 Å². The fourth-order valence-electron chi connectivity index (χ4n) is 1.96. The number of halogens is 3. The highest BCUT2D eigenvalue weighted by atomic mass is 35.5. The number of rotatable bonds is 2. The van der Waals surface area contributed by atoms with E-state index in [2.05, 4.69) is 29.0 Å². The highest BCUT2D eigenvalue weighted by molar-refractivity contribution is 5.86. The Labute approximate surface area is 128 Å². The van der Waals surface area contributed by atoms with E-state index in [-0.39, 0.29) is 37.2 Å². The number of nitrogens with zero attached hydrogens (tertiary/aromatic N) is 2. The van der Waals surface area contributed by atoms with Gasteiger partial charge in [0.25, 0.3) is 0 Å². The first-order valence-corrected chi connectivity index (χ1v) is 5.49. The molecule has 1 aromatic carbocycles. The maximum absolute atomic E-state index is 5.76.